The summed E-state index contributed by atoms with van der Waals surface area (Å²) in [6.45, 7) is 3.72. The molecule has 0 unspecified atom stereocenters. The Bertz CT molecular complexity index is 1430. The van der Waals surface area contributed by atoms with Gasteiger partial charge in [0.25, 0.3) is 5.91 Å². The Morgan fingerprint density at radius 3 is 2.49 bits per heavy atom. The fraction of sp³-hybridized carbons (Fsp3) is 0.286. The molecule has 0 saturated heterocycles. The lowest BCUT2D eigenvalue weighted by Crippen LogP contribution is -2.33. The van der Waals surface area contributed by atoms with E-state index >= 15 is 0 Å². The number of hydrogen-bond donors (Lipinski definition) is 2. The molecule has 0 spiro atoms. The fourth-order valence-electron chi connectivity index (χ4n) is 4.04. The minimum absolute atomic E-state index is 0.0744. The van der Waals surface area contributed by atoms with Crippen LogP contribution in [0.15, 0.2) is 54.6 Å². The topological polar surface area (TPSA) is 125 Å². The highest BCUT2D eigenvalue weighted by molar-refractivity contribution is 6.30. The number of pyridine rings is 1. The van der Waals surface area contributed by atoms with Crippen LogP contribution in [-0.2, 0) is 4.79 Å². The van der Waals surface area contributed by atoms with Gasteiger partial charge in [0.2, 0.25) is 5.95 Å². The maximum absolute atomic E-state index is 12.2. The van der Waals surface area contributed by atoms with Crippen LogP contribution in [0.5, 0.6) is 17.2 Å². The van der Waals surface area contributed by atoms with Crippen molar-refractivity contribution in [1.29, 1.82) is 0 Å². The molecule has 2 heterocycles. The van der Waals surface area contributed by atoms with Crippen LogP contribution in [0.4, 0.5) is 11.8 Å². The van der Waals surface area contributed by atoms with Crippen LogP contribution < -0.4 is 30.2 Å². The smallest absolute Gasteiger partial charge is 0.257 e. The minimum atomic E-state index is -0.203. The number of ether oxygens (including phenoxy) is 3. The Morgan fingerprint density at radius 1 is 1.00 bits per heavy atom. The molecule has 0 aliphatic rings. The van der Waals surface area contributed by atoms with Crippen molar-refractivity contribution in [2.45, 2.75) is 13.3 Å². The van der Waals surface area contributed by atoms with E-state index in [0.29, 0.717) is 65.2 Å². The van der Waals surface area contributed by atoms with E-state index in [-0.39, 0.29) is 18.5 Å². The van der Waals surface area contributed by atoms with Crippen LogP contribution in [0.25, 0.3) is 22.3 Å². The quantitative estimate of drug-likeness (QED) is 0.247. The van der Waals surface area contributed by atoms with Gasteiger partial charge in [-0.3, -0.25) is 4.79 Å². The number of nitrogens with one attached hydrogen (secondary N) is 1. The second-order valence-electron chi connectivity index (χ2n) is 8.57. The Labute approximate surface area is 232 Å². The zero-order valence-corrected chi connectivity index (χ0v) is 22.9. The standard InChI is InChI=1S/C28H31ClN6O4/c1-4-35(15-5-14-31-25(36)17-39-20-9-7-19(29)8-10-20)27-26-22(33-28(30)34-27)12-11-21(32-26)18-6-13-23(37-2)24(16-18)38-3/h6-13,16H,4-5,14-15,17H2,1-3H3,(H,31,36)(H2,30,33,34). The number of nitrogens with two attached hydrogens (primary N) is 1. The van der Waals surface area contributed by atoms with Gasteiger partial charge in [-0.1, -0.05) is 11.6 Å². The molecule has 0 bridgehead atoms. The van der Waals surface area contributed by atoms with Crippen LogP contribution in [0.2, 0.25) is 5.02 Å². The summed E-state index contributed by atoms with van der Waals surface area (Å²) in [5.74, 6) is 2.44. The largest absolute Gasteiger partial charge is 0.493 e. The molecular weight excluding hydrogens is 520 g/mol. The van der Waals surface area contributed by atoms with Gasteiger partial charge >= 0.3 is 0 Å². The normalized spacial score (nSPS) is 10.8. The van der Waals surface area contributed by atoms with Gasteiger partial charge in [-0.2, -0.15) is 4.98 Å². The molecule has 0 atom stereocenters. The van der Waals surface area contributed by atoms with Crippen LogP contribution in [0.1, 0.15) is 13.3 Å². The van der Waals surface area contributed by atoms with Crippen molar-refractivity contribution in [1.82, 2.24) is 20.3 Å². The summed E-state index contributed by atoms with van der Waals surface area (Å²) in [5, 5.41) is 3.49. The third-order valence-electron chi connectivity index (χ3n) is 6.01. The number of nitrogen functional groups attached to an aromatic ring is 1. The number of carbonyl (C=O) groups excluding carboxylic acids is 1. The van der Waals surface area contributed by atoms with Crippen molar-refractivity contribution in [2.75, 3.05) is 51.1 Å². The highest BCUT2D eigenvalue weighted by Gasteiger charge is 2.16. The van der Waals surface area contributed by atoms with E-state index < -0.39 is 0 Å². The van der Waals surface area contributed by atoms with Crippen molar-refractivity contribution in [2.24, 2.45) is 0 Å². The first-order chi connectivity index (χ1) is 18.9. The van der Waals surface area contributed by atoms with Crippen LogP contribution in [0.3, 0.4) is 0 Å². The predicted molar refractivity (Wildman–Crippen MR) is 153 cm³/mol. The average Bonchev–Trinajstić information content (AvgIpc) is 2.96. The van der Waals surface area contributed by atoms with E-state index in [1.807, 2.05) is 37.3 Å². The molecule has 39 heavy (non-hydrogen) atoms. The number of nitrogens with zero attached hydrogens (tertiary/aromatic N) is 4. The first-order valence-corrected chi connectivity index (χ1v) is 12.9. The third-order valence-corrected chi connectivity index (χ3v) is 6.26. The van der Waals surface area contributed by atoms with Gasteiger partial charge in [-0.05, 0) is 67.9 Å². The molecule has 0 fully saturated rings. The van der Waals surface area contributed by atoms with Crippen LogP contribution >= 0.6 is 11.6 Å². The number of halogens is 1. The summed E-state index contributed by atoms with van der Waals surface area (Å²) >= 11 is 5.87. The van der Waals surface area contributed by atoms with Gasteiger partial charge in [-0.15, -0.1) is 0 Å². The SMILES string of the molecule is CCN(CCCNC(=O)COc1ccc(Cl)cc1)c1nc(N)nc2ccc(-c3ccc(OC)c(OC)c3)nc12. The van der Waals surface area contributed by atoms with Gasteiger partial charge in [0.1, 0.15) is 11.3 Å². The number of benzene rings is 2. The average molecular weight is 551 g/mol. The maximum Gasteiger partial charge on any atom is 0.257 e. The molecular formula is C28H31ClN6O4. The number of anilines is 2. The molecule has 0 aliphatic heterocycles. The zero-order valence-electron chi connectivity index (χ0n) is 22.1. The summed E-state index contributed by atoms with van der Waals surface area (Å²) in [7, 11) is 3.19. The number of fused-ring (bicyclic) bond motifs is 1. The number of hydrogen-bond acceptors (Lipinski definition) is 9. The van der Waals surface area contributed by atoms with E-state index in [9.17, 15) is 4.79 Å². The molecule has 4 rings (SSSR count). The number of amides is 1. The molecule has 11 heteroatoms. The first-order valence-electron chi connectivity index (χ1n) is 12.5. The summed E-state index contributed by atoms with van der Waals surface area (Å²) < 4.78 is 16.3. The molecule has 4 aromatic rings. The lowest BCUT2D eigenvalue weighted by atomic mass is 10.1. The summed E-state index contributed by atoms with van der Waals surface area (Å²) in [6.07, 6.45) is 0.682. The van der Waals surface area contributed by atoms with Gasteiger partial charge in [0, 0.05) is 30.2 Å². The zero-order chi connectivity index (χ0) is 27.8. The second kappa shape index (κ2) is 13.0. The number of rotatable bonds is 12. The highest BCUT2D eigenvalue weighted by atomic mass is 35.5. The molecule has 10 nitrogen and oxygen atoms in total. The van der Waals surface area contributed by atoms with Gasteiger partial charge in [0.05, 0.1) is 25.4 Å². The summed E-state index contributed by atoms with van der Waals surface area (Å²) in [5.41, 5.74) is 8.92. The lowest BCUT2D eigenvalue weighted by molar-refractivity contribution is -0.123. The van der Waals surface area contributed by atoms with E-state index in [2.05, 4.69) is 20.2 Å². The van der Waals surface area contributed by atoms with Crippen LogP contribution in [-0.4, -0.2) is 61.3 Å². The maximum atomic E-state index is 12.2. The van der Waals surface area contributed by atoms with Crippen molar-refractivity contribution >= 4 is 40.3 Å². The van der Waals surface area contributed by atoms with E-state index in [1.54, 1.807) is 38.5 Å². The Morgan fingerprint density at radius 2 is 1.77 bits per heavy atom. The lowest BCUT2D eigenvalue weighted by Gasteiger charge is -2.23. The Hall–Kier alpha value is -4.31. The Balaban J connectivity index is 1.44. The van der Waals surface area contributed by atoms with Gasteiger partial charge < -0.3 is 30.2 Å². The minimum Gasteiger partial charge on any atom is -0.493 e. The summed E-state index contributed by atoms with van der Waals surface area (Å²) in [6, 6.07) is 16.3. The molecule has 0 aliphatic carbocycles. The van der Waals surface area contributed by atoms with E-state index in [0.717, 1.165) is 11.3 Å². The summed E-state index contributed by atoms with van der Waals surface area (Å²) in [4.78, 5) is 28.1. The molecule has 2 aromatic carbocycles. The fourth-order valence-corrected chi connectivity index (χ4v) is 4.16. The monoisotopic (exact) mass is 550 g/mol. The van der Waals surface area contributed by atoms with Gasteiger partial charge in [-0.25, -0.2) is 9.97 Å². The Kier molecular flexibility index (Phi) is 9.22. The van der Waals surface area contributed by atoms with Gasteiger partial charge in [0.15, 0.2) is 23.9 Å². The molecule has 1 amide bonds. The molecule has 2 aromatic heterocycles. The van der Waals surface area contributed by atoms with E-state index in [1.165, 1.54) is 0 Å². The first kappa shape index (κ1) is 27.7. The number of aromatic nitrogens is 3. The molecule has 3 N–H and O–H groups in total. The molecule has 204 valence electrons. The highest BCUT2D eigenvalue weighted by Crippen LogP contribution is 2.33. The van der Waals surface area contributed by atoms with Crippen molar-refractivity contribution in [3.63, 3.8) is 0 Å². The van der Waals surface area contributed by atoms with Crippen molar-refractivity contribution in [3.8, 4) is 28.5 Å². The van der Waals surface area contributed by atoms with Crippen molar-refractivity contribution < 1.29 is 19.0 Å². The molecule has 0 saturated carbocycles. The predicted octanol–water partition coefficient (Wildman–Crippen LogP) is 4.36. The van der Waals surface area contributed by atoms with Crippen LogP contribution in [0, 0.1) is 0 Å². The second-order valence-corrected chi connectivity index (χ2v) is 9.00. The third kappa shape index (κ3) is 6.97. The number of methoxy groups -OCH3 is 2. The van der Waals surface area contributed by atoms with E-state index in [4.69, 9.17) is 36.5 Å². The molecule has 0 radical (unpaired) electrons. The number of carbonyl (C=O) groups is 1. The van der Waals surface area contributed by atoms with Crippen molar-refractivity contribution in [3.05, 3.63) is 59.6 Å².